The molecule has 0 spiro atoms. The number of anilines is 1. The van der Waals surface area contributed by atoms with Gasteiger partial charge in [0.05, 0.1) is 6.61 Å². The van der Waals surface area contributed by atoms with Crippen LogP contribution >= 0.6 is 0 Å². The van der Waals surface area contributed by atoms with E-state index in [4.69, 9.17) is 26.4 Å². The van der Waals surface area contributed by atoms with Crippen LogP contribution in [0.5, 0.6) is 0 Å². The van der Waals surface area contributed by atoms with E-state index in [-0.39, 0.29) is 18.5 Å². The minimum atomic E-state index is -0.587. The van der Waals surface area contributed by atoms with Gasteiger partial charge in [0, 0.05) is 11.8 Å². The van der Waals surface area contributed by atoms with E-state index in [1.807, 2.05) is 6.92 Å². The molecular formula is C15H19N3O4. The first-order valence-electron chi connectivity index (χ1n) is 7.22. The largest absolute Gasteiger partial charge is 0.383 e. The molecule has 4 atom stereocenters. The molecule has 0 radical (unpaired) electrons. The second-order valence-electron chi connectivity index (χ2n) is 5.64. The Hall–Kier alpha value is -1.88. The fourth-order valence-electron chi connectivity index (χ4n) is 3.09. The van der Waals surface area contributed by atoms with Gasteiger partial charge in [0.15, 0.2) is 6.23 Å². The Balaban J connectivity index is 1.96. The normalized spacial score (nSPS) is 33.0. The van der Waals surface area contributed by atoms with Gasteiger partial charge in [0.2, 0.25) is 0 Å². The van der Waals surface area contributed by atoms with E-state index in [0.29, 0.717) is 18.6 Å². The number of hydrogen-bond donors (Lipinski definition) is 1. The number of nitrogens with zero attached hydrogens (tertiary/aromatic N) is 2. The fraction of sp³-hybridized carbons (Fsp3) is 0.600. The topological polar surface area (TPSA) is 88.6 Å². The van der Waals surface area contributed by atoms with Crippen molar-refractivity contribution >= 4 is 5.82 Å². The highest BCUT2D eigenvalue weighted by atomic mass is 16.7. The quantitative estimate of drug-likeness (QED) is 0.801. The summed E-state index contributed by atoms with van der Waals surface area (Å²) in [4.78, 5) is 15.9. The Labute approximate surface area is 128 Å². The molecule has 2 saturated heterocycles. The lowest BCUT2D eigenvalue weighted by Crippen LogP contribution is -2.41. The van der Waals surface area contributed by atoms with Gasteiger partial charge in [-0.25, -0.2) is 4.79 Å². The Morgan fingerprint density at radius 3 is 3.14 bits per heavy atom. The van der Waals surface area contributed by atoms with E-state index in [2.05, 4.69) is 10.9 Å². The van der Waals surface area contributed by atoms with E-state index >= 15 is 0 Å². The van der Waals surface area contributed by atoms with Crippen molar-refractivity contribution in [3.8, 4) is 12.3 Å². The van der Waals surface area contributed by atoms with Crippen molar-refractivity contribution in [2.75, 3.05) is 18.9 Å². The number of nitrogens with two attached hydrogens (primary N) is 1. The molecule has 1 aromatic rings. The van der Waals surface area contributed by atoms with Crippen molar-refractivity contribution < 1.29 is 14.2 Å². The lowest BCUT2D eigenvalue weighted by atomic mass is 9.96. The highest BCUT2D eigenvalue weighted by Gasteiger charge is 2.62. The van der Waals surface area contributed by atoms with Crippen LogP contribution in [0, 0.1) is 19.3 Å². The molecule has 118 valence electrons. The van der Waals surface area contributed by atoms with Gasteiger partial charge >= 0.3 is 5.69 Å². The lowest BCUT2D eigenvalue weighted by Gasteiger charge is -2.30. The SMILES string of the molecule is C#CCOC1[C@@H]2OC[C@]1(CC)O[C@H]2n1cc(C)c(N)nc1=O. The molecule has 0 saturated carbocycles. The number of fused-ring (bicyclic) bond motifs is 2. The summed E-state index contributed by atoms with van der Waals surface area (Å²) in [6, 6.07) is 0. The molecule has 0 aliphatic carbocycles. The highest BCUT2D eigenvalue weighted by molar-refractivity contribution is 5.35. The molecule has 3 heterocycles. The average Bonchev–Trinajstić information content (AvgIpc) is 3.01. The minimum Gasteiger partial charge on any atom is -0.383 e. The van der Waals surface area contributed by atoms with Crippen LogP contribution in [0.4, 0.5) is 5.82 Å². The zero-order valence-electron chi connectivity index (χ0n) is 12.6. The zero-order valence-corrected chi connectivity index (χ0v) is 12.6. The maximum Gasteiger partial charge on any atom is 0.351 e. The first kappa shape index (κ1) is 15.0. The third-order valence-electron chi connectivity index (χ3n) is 4.37. The van der Waals surface area contributed by atoms with Crippen LogP contribution in [0.1, 0.15) is 25.1 Å². The molecule has 2 bridgehead atoms. The van der Waals surface area contributed by atoms with Gasteiger partial charge in [-0.3, -0.25) is 4.57 Å². The highest BCUT2D eigenvalue weighted by Crippen LogP contribution is 2.47. The molecule has 2 aliphatic rings. The zero-order chi connectivity index (χ0) is 15.9. The molecule has 3 rings (SSSR count). The number of terminal acetylenes is 1. The van der Waals surface area contributed by atoms with Crippen molar-refractivity contribution in [2.45, 2.75) is 44.3 Å². The fourth-order valence-corrected chi connectivity index (χ4v) is 3.09. The predicted octanol–water partition coefficient (Wildman–Crippen LogP) is 0.229. The smallest absolute Gasteiger partial charge is 0.351 e. The number of hydrogen-bond acceptors (Lipinski definition) is 6. The summed E-state index contributed by atoms with van der Waals surface area (Å²) in [6.45, 7) is 4.39. The lowest BCUT2D eigenvalue weighted by molar-refractivity contribution is -0.176. The van der Waals surface area contributed by atoms with Gasteiger partial charge in [-0.05, 0) is 13.3 Å². The first-order chi connectivity index (χ1) is 10.5. The van der Waals surface area contributed by atoms with E-state index in [9.17, 15) is 4.79 Å². The van der Waals surface area contributed by atoms with Gasteiger partial charge in [-0.15, -0.1) is 6.42 Å². The third kappa shape index (κ3) is 2.11. The van der Waals surface area contributed by atoms with Gasteiger partial charge in [0.1, 0.15) is 30.2 Å². The van der Waals surface area contributed by atoms with Crippen LogP contribution in [0.15, 0.2) is 11.0 Å². The molecule has 0 amide bonds. The molecular weight excluding hydrogens is 286 g/mol. The molecule has 7 nitrogen and oxygen atoms in total. The predicted molar refractivity (Wildman–Crippen MR) is 79.1 cm³/mol. The van der Waals surface area contributed by atoms with E-state index in [1.165, 1.54) is 4.57 Å². The second kappa shape index (κ2) is 5.39. The Kier molecular flexibility index (Phi) is 3.68. The molecule has 2 N–H and O–H groups in total. The molecule has 7 heteroatoms. The van der Waals surface area contributed by atoms with E-state index in [0.717, 1.165) is 0 Å². The van der Waals surface area contributed by atoms with Crippen LogP contribution in [-0.2, 0) is 14.2 Å². The monoisotopic (exact) mass is 305 g/mol. The number of aryl methyl sites for hydroxylation is 1. The Morgan fingerprint density at radius 2 is 2.45 bits per heavy atom. The van der Waals surface area contributed by atoms with E-state index < -0.39 is 23.6 Å². The first-order valence-corrected chi connectivity index (χ1v) is 7.22. The second-order valence-corrected chi connectivity index (χ2v) is 5.64. The number of nitrogen functional groups attached to an aromatic ring is 1. The molecule has 22 heavy (non-hydrogen) atoms. The minimum absolute atomic E-state index is 0.177. The summed E-state index contributed by atoms with van der Waals surface area (Å²) in [5.74, 6) is 2.67. The molecule has 1 aromatic heterocycles. The number of rotatable bonds is 4. The summed E-state index contributed by atoms with van der Waals surface area (Å²) in [6.07, 6.45) is 6.33. The Bertz CT molecular complexity index is 680. The van der Waals surface area contributed by atoms with Crippen LogP contribution < -0.4 is 11.4 Å². The number of ether oxygens (including phenoxy) is 3. The van der Waals surface area contributed by atoms with Gasteiger partial charge in [0.25, 0.3) is 0 Å². The summed E-state index contributed by atoms with van der Waals surface area (Å²) in [7, 11) is 0. The van der Waals surface area contributed by atoms with Crippen molar-refractivity contribution in [3.05, 3.63) is 22.2 Å². The van der Waals surface area contributed by atoms with Gasteiger partial charge in [-0.2, -0.15) is 4.98 Å². The third-order valence-corrected chi connectivity index (χ3v) is 4.37. The maximum absolute atomic E-state index is 12.1. The maximum atomic E-state index is 12.1. The van der Waals surface area contributed by atoms with Crippen LogP contribution in [0.25, 0.3) is 0 Å². The van der Waals surface area contributed by atoms with Crippen molar-refractivity contribution in [3.63, 3.8) is 0 Å². The standard InChI is InChI=1S/C15H19N3O4/c1-4-6-20-11-10-13(22-15(11,5-2)8-21-10)18-7-9(3)12(16)17-14(18)19/h1,7,10-11,13H,5-6,8H2,2-3H3,(H2,16,17,19)/t10-,11?,13+,15-/m0/s1. The summed E-state index contributed by atoms with van der Waals surface area (Å²) in [5.41, 5.74) is 5.32. The van der Waals surface area contributed by atoms with Crippen LogP contribution in [0.3, 0.4) is 0 Å². The van der Waals surface area contributed by atoms with Crippen LogP contribution in [-0.4, -0.2) is 40.6 Å². The molecule has 1 unspecified atom stereocenters. The number of aromatic nitrogens is 2. The van der Waals surface area contributed by atoms with Crippen LogP contribution in [0.2, 0.25) is 0 Å². The summed E-state index contributed by atoms with van der Waals surface area (Å²) < 4.78 is 19.1. The Morgan fingerprint density at radius 1 is 1.68 bits per heavy atom. The molecule has 0 aromatic carbocycles. The van der Waals surface area contributed by atoms with Gasteiger partial charge in [-0.1, -0.05) is 12.8 Å². The van der Waals surface area contributed by atoms with Crippen molar-refractivity contribution in [2.24, 2.45) is 0 Å². The molecule has 2 fully saturated rings. The molecule has 2 aliphatic heterocycles. The van der Waals surface area contributed by atoms with Gasteiger partial charge < -0.3 is 19.9 Å². The summed E-state index contributed by atoms with van der Waals surface area (Å²) in [5, 5.41) is 0. The van der Waals surface area contributed by atoms with Crippen molar-refractivity contribution in [1.82, 2.24) is 9.55 Å². The summed E-state index contributed by atoms with van der Waals surface area (Å²) >= 11 is 0. The van der Waals surface area contributed by atoms with E-state index in [1.54, 1.807) is 13.1 Å². The van der Waals surface area contributed by atoms with Crippen molar-refractivity contribution in [1.29, 1.82) is 0 Å². The average molecular weight is 305 g/mol.